The number of thiophene rings is 1. The zero-order valence-electron chi connectivity index (χ0n) is 14.4. The molecule has 7 heteroatoms. The van der Waals surface area contributed by atoms with Gasteiger partial charge in [0, 0.05) is 12.1 Å². The summed E-state index contributed by atoms with van der Waals surface area (Å²) in [6, 6.07) is 13.8. The van der Waals surface area contributed by atoms with Crippen LogP contribution in [0.25, 0.3) is 10.6 Å². The molecule has 1 aliphatic heterocycles. The second kappa shape index (κ2) is 7.31. The van der Waals surface area contributed by atoms with Crippen LogP contribution in [0.4, 0.5) is 0 Å². The number of ether oxygens (including phenoxy) is 1. The summed E-state index contributed by atoms with van der Waals surface area (Å²) in [4.78, 5) is 13.3. The van der Waals surface area contributed by atoms with Crippen LogP contribution in [0, 0.1) is 0 Å². The Morgan fingerprint density at radius 3 is 3.04 bits per heavy atom. The first-order chi connectivity index (χ1) is 12.8. The Bertz CT molecular complexity index is 904. The minimum absolute atomic E-state index is 0.0897. The number of carbonyl (C=O) groups excluding carboxylic acids is 1. The van der Waals surface area contributed by atoms with E-state index in [9.17, 15) is 4.79 Å². The summed E-state index contributed by atoms with van der Waals surface area (Å²) in [6.07, 6.45) is -0.105. The first-order valence-corrected chi connectivity index (χ1v) is 9.50. The third-order valence-electron chi connectivity index (χ3n) is 4.29. The zero-order chi connectivity index (χ0) is 17.9. The van der Waals surface area contributed by atoms with Gasteiger partial charge in [-0.25, -0.2) is 4.68 Å². The normalized spacial score (nSPS) is 16.2. The molecule has 2 aromatic heterocycles. The Kier molecular flexibility index (Phi) is 4.73. The van der Waals surface area contributed by atoms with Gasteiger partial charge in [-0.2, -0.15) is 5.10 Å². The van der Waals surface area contributed by atoms with E-state index >= 15 is 0 Å². The van der Waals surface area contributed by atoms with E-state index in [4.69, 9.17) is 4.74 Å². The monoisotopic (exact) mass is 368 g/mol. The van der Waals surface area contributed by atoms with Crippen LogP contribution in [0.15, 0.2) is 47.8 Å². The minimum Gasteiger partial charge on any atom is -0.494 e. The van der Waals surface area contributed by atoms with Crippen molar-refractivity contribution in [1.82, 2.24) is 20.4 Å². The van der Waals surface area contributed by atoms with Crippen LogP contribution in [0.1, 0.15) is 29.1 Å². The molecule has 2 N–H and O–H groups in total. The molecule has 0 aliphatic carbocycles. The lowest BCUT2D eigenvalue weighted by Gasteiger charge is -2.26. The van der Waals surface area contributed by atoms with Crippen molar-refractivity contribution in [3.63, 3.8) is 0 Å². The number of hydrogen-bond acceptors (Lipinski definition) is 5. The molecule has 1 atom stereocenters. The summed E-state index contributed by atoms with van der Waals surface area (Å²) in [5, 5.41) is 13.1. The molecule has 4 rings (SSSR count). The fourth-order valence-corrected chi connectivity index (χ4v) is 3.73. The molecule has 3 heterocycles. The van der Waals surface area contributed by atoms with Crippen molar-refractivity contribution < 1.29 is 9.53 Å². The fourth-order valence-electron chi connectivity index (χ4n) is 3.05. The molecule has 0 bridgehead atoms. The average Bonchev–Trinajstić information content (AvgIpc) is 3.32. The Hall–Kier alpha value is -2.64. The quantitative estimate of drug-likeness (QED) is 0.702. The number of benzene rings is 1. The fraction of sp³-hybridized carbons (Fsp3) is 0.263. The number of nitrogens with one attached hydrogen (secondary N) is 2. The van der Waals surface area contributed by atoms with Crippen molar-refractivity contribution in [2.24, 2.45) is 0 Å². The predicted octanol–water partition coefficient (Wildman–Crippen LogP) is 3.04. The van der Waals surface area contributed by atoms with Gasteiger partial charge in [0.05, 0.1) is 18.0 Å². The summed E-state index contributed by atoms with van der Waals surface area (Å²) >= 11 is 1.62. The number of rotatable bonds is 6. The van der Waals surface area contributed by atoms with Gasteiger partial charge in [0.1, 0.15) is 23.3 Å². The van der Waals surface area contributed by atoms with Crippen LogP contribution >= 0.6 is 11.3 Å². The SMILES string of the molecule is CCOc1ccccc1CN[C@@H]1CNC(=O)c2cc(-c3cccs3)nn21. The number of hydrogen-bond donors (Lipinski definition) is 2. The molecular weight excluding hydrogens is 348 g/mol. The van der Waals surface area contributed by atoms with Crippen LogP contribution < -0.4 is 15.4 Å². The van der Waals surface area contributed by atoms with Gasteiger partial charge >= 0.3 is 0 Å². The molecule has 1 aliphatic rings. The molecule has 0 unspecified atom stereocenters. The summed E-state index contributed by atoms with van der Waals surface area (Å²) in [7, 11) is 0. The topological polar surface area (TPSA) is 68.2 Å². The Balaban J connectivity index is 1.56. The third kappa shape index (κ3) is 3.23. The number of fused-ring (bicyclic) bond motifs is 1. The van der Waals surface area contributed by atoms with Crippen molar-refractivity contribution in [2.45, 2.75) is 19.6 Å². The number of para-hydroxylation sites is 1. The van der Waals surface area contributed by atoms with Crippen molar-refractivity contribution in [3.8, 4) is 16.3 Å². The Morgan fingerprint density at radius 2 is 2.23 bits per heavy atom. The Labute approximate surface area is 155 Å². The highest BCUT2D eigenvalue weighted by Crippen LogP contribution is 2.27. The number of amides is 1. The lowest BCUT2D eigenvalue weighted by atomic mass is 10.2. The van der Waals surface area contributed by atoms with Gasteiger partial charge < -0.3 is 10.1 Å². The lowest BCUT2D eigenvalue weighted by Crippen LogP contribution is -2.45. The molecule has 0 radical (unpaired) electrons. The maximum Gasteiger partial charge on any atom is 0.269 e. The van der Waals surface area contributed by atoms with E-state index in [0.29, 0.717) is 25.4 Å². The zero-order valence-corrected chi connectivity index (χ0v) is 15.3. The average molecular weight is 368 g/mol. The summed E-state index contributed by atoms with van der Waals surface area (Å²) in [6.45, 7) is 3.73. The molecule has 134 valence electrons. The standard InChI is InChI=1S/C19H20N4O2S/c1-2-25-16-7-4-3-6-13(16)11-20-18-12-21-19(24)15-10-14(22-23(15)18)17-8-5-9-26-17/h3-10,18,20H,2,11-12H2,1H3,(H,21,24)/t18-/m0/s1. The van der Waals surface area contributed by atoms with Gasteiger partial charge in [-0.05, 0) is 30.5 Å². The second-order valence-electron chi connectivity index (χ2n) is 5.98. The Morgan fingerprint density at radius 1 is 1.35 bits per heavy atom. The lowest BCUT2D eigenvalue weighted by molar-refractivity contribution is 0.0900. The summed E-state index contributed by atoms with van der Waals surface area (Å²) < 4.78 is 7.47. The summed E-state index contributed by atoms with van der Waals surface area (Å²) in [5.74, 6) is 0.787. The number of carbonyl (C=O) groups is 1. The van der Waals surface area contributed by atoms with Gasteiger partial charge in [-0.1, -0.05) is 24.3 Å². The van der Waals surface area contributed by atoms with E-state index in [0.717, 1.165) is 21.9 Å². The summed E-state index contributed by atoms with van der Waals surface area (Å²) in [5.41, 5.74) is 2.49. The molecule has 6 nitrogen and oxygen atoms in total. The first-order valence-electron chi connectivity index (χ1n) is 8.62. The highest BCUT2D eigenvalue weighted by molar-refractivity contribution is 7.13. The third-order valence-corrected chi connectivity index (χ3v) is 5.19. The smallest absolute Gasteiger partial charge is 0.269 e. The molecule has 0 saturated heterocycles. The highest BCUT2D eigenvalue weighted by atomic mass is 32.1. The van der Waals surface area contributed by atoms with Crippen LogP contribution in [0.2, 0.25) is 0 Å². The van der Waals surface area contributed by atoms with E-state index in [1.54, 1.807) is 16.0 Å². The van der Waals surface area contributed by atoms with Crippen LogP contribution in [-0.2, 0) is 6.54 Å². The van der Waals surface area contributed by atoms with Crippen molar-refractivity contribution in [1.29, 1.82) is 0 Å². The van der Waals surface area contributed by atoms with Gasteiger partial charge in [-0.15, -0.1) is 11.3 Å². The van der Waals surface area contributed by atoms with Gasteiger partial charge in [-0.3, -0.25) is 10.1 Å². The highest BCUT2D eigenvalue weighted by Gasteiger charge is 2.27. The molecule has 0 saturated carbocycles. The molecule has 0 spiro atoms. The largest absolute Gasteiger partial charge is 0.494 e. The molecule has 3 aromatic rings. The van der Waals surface area contributed by atoms with E-state index in [1.165, 1.54) is 0 Å². The first kappa shape index (κ1) is 16.8. The second-order valence-corrected chi connectivity index (χ2v) is 6.93. The van der Waals surface area contributed by atoms with E-state index in [-0.39, 0.29) is 12.1 Å². The maximum absolute atomic E-state index is 12.2. The molecule has 1 aromatic carbocycles. The van der Waals surface area contributed by atoms with Crippen molar-refractivity contribution in [3.05, 3.63) is 59.1 Å². The van der Waals surface area contributed by atoms with E-state index < -0.39 is 0 Å². The maximum atomic E-state index is 12.2. The van der Waals surface area contributed by atoms with Gasteiger partial charge in [0.2, 0.25) is 0 Å². The number of nitrogens with zero attached hydrogens (tertiary/aromatic N) is 2. The van der Waals surface area contributed by atoms with E-state index in [1.807, 2.05) is 54.8 Å². The van der Waals surface area contributed by atoms with Crippen LogP contribution in [0.3, 0.4) is 0 Å². The molecular formula is C19H20N4O2S. The van der Waals surface area contributed by atoms with Crippen LogP contribution in [0.5, 0.6) is 5.75 Å². The minimum atomic E-state index is -0.105. The number of aromatic nitrogens is 2. The van der Waals surface area contributed by atoms with Gasteiger partial charge in [0.25, 0.3) is 5.91 Å². The van der Waals surface area contributed by atoms with Crippen LogP contribution in [-0.4, -0.2) is 28.8 Å². The van der Waals surface area contributed by atoms with Gasteiger partial charge in [0.15, 0.2) is 0 Å². The predicted molar refractivity (Wildman–Crippen MR) is 101 cm³/mol. The molecule has 1 amide bonds. The molecule has 26 heavy (non-hydrogen) atoms. The van der Waals surface area contributed by atoms with E-state index in [2.05, 4.69) is 15.7 Å². The van der Waals surface area contributed by atoms with Crippen molar-refractivity contribution in [2.75, 3.05) is 13.2 Å². The van der Waals surface area contributed by atoms with Crippen molar-refractivity contribution >= 4 is 17.2 Å². The molecule has 0 fully saturated rings.